The molecule has 0 aliphatic heterocycles. The van der Waals surface area contributed by atoms with E-state index in [0.717, 1.165) is 18.7 Å². The van der Waals surface area contributed by atoms with Crippen molar-refractivity contribution in [2.24, 2.45) is 0 Å². The topological polar surface area (TPSA) is 41.5 Å². The van der Waals surface area contributed by atoms with Gasteiger partial charge in [-0.15, -0.1) is 0 Å². The third kappa shape index (κ3) is 5.71. The quantitative estimate of drug-likeness (QED) is 0.765. The fraction of sp³-hybridized carbons (Fsp3) is 0.571. The van der Waals surface area contributed by atoms with Crippen LogP contribution in [0.1, 0.15) is 32.8 Å². The lowest BCUT2D eigenvalue weighted by atomic mass is 10.2. The highest BCUT2D eigenvalue weighted by Gasteiger charge is 2.02. The molecule has 3 heteroatoms. The molecule has 0 amide bonds. The van der Waals surface area contributed by atoms with E-state index in [9.17, 15) is 5.11 Å². The van der Waals surface area contributed by atoms with Crippen molar-refractivity contribution in [3.05, 3.63) is 29.8 Å². The molecule has 0 fully saturated rings. The molecule has 0 aromatic heterocycles. The largest absolute Gasteiger partial charge is 0.491 e. The van der Waals surface area contributed by atoms with E-state index in [-0.39, 0.29) is 6.10 Å². The van der Waals surface area contributed by atoms with Crippen LogP contribution in [0.25, 0.3) is 0 Å². The van der Waals surface area contributed by atoms with Crippen LogP contribution < -0.4 is 10.1 Å². The second-order valence-electron chi connectivity index (χ2n) is 4.55. The normalized spacial score (nSPS) is 12.8. The Hall–Kier alpha value is -1.06. The molecular weight excluding hydrogens is 214 g/mol. The Kier molecular flexibility index (Phi) is 6.01. The zero-order valence-electron chi connectivity index (χ0n) is 10.9. The molecule has 1 atom stereocenters. The van der Waals surface area contributed by atoms with Crippen molar-refractivity contribution in [1.82, 2.24) is 5.32 Å². The molecule has 1 aromatic rings. The lowest BCUT2D eigenvalue weighted by molar-refractivity contribution is 0.104. The first-order valence-electron chi connectivity index (χ1n) is 6.25. The number of benzene rings is 1. The Morgan fingerprint density at radius 3 is 2.41 bits per heavy atom. The molecule has 96 valence electrons. The van der Waals surface area contributed by atoms with Crippen LogP contribution in [0.5, 0.6) is 5.75 Å². The van der Waals surface area contributed by atoms with Gasteiger partial charge in [-0.3, -0.25) is 0 Å². The van der Waals surface area contributed by atoms with Gasteiger partial charge < -0.3 is 15.2 Å². The molecule has 0 spiro atoms. The molecule has 3 nitrogen and oxygen atoms in total. The molecular formula is C14H23NO2. The fourth-order valence-electron chi connectivity index (χ4n) is 1.34. The standard InChI is InChI=1S/C14H23NO2/c1-4-13(16)10-17-14-7-5-12(6-8-14)9-15-11(2)3/h5-8,11,13,15-16H,4,9-10H2,1-3H3. The summed E-state index contributed by atoms with van der Waals surface area (Å²) in [7, 11) is 0. The second-order valence-corrected chi connectivity index (χ2v) is 4.55. The number of rotatable bonds is 7. The highest BCUT2D eigenvalue weighted by molar-refractivity contribution is 5.27. The zero-order chi connectivity index (χ0) is 12.7. The van der Waals surface area contributed by atoms with Gasteiger partial charge in [-0.1, -0.05) is 32.9 Å². The van der Waals surface area contributed by atoms with Crippen LogP contribution in [0.4, 0.5) is 0 Å². The van der Waals surface area contributed by atoms with E-state index in [2.05, 4.69) is 19.2 Å². The lowest BCUT2D eigenvalue weighted by Crippen LogP contribution is -2.21. The lowest BCUT2D eigenvalue weighted by Gasteiger charge is -2.11. The maximum atomic E-state index is 9.38. The summed E-state index contributed by atoms with van der Waals surface area (Å²) in [6.45, 7) is 7.43. The third-order valence-electron chi connectivity index (χ3n) is 2.55. The molecule has 0 bridgehead atoms. The Bertz CT molecular complexity index is 309. The highest BCUT2D eigenvalue weighted by Crippen LogP contribution is 2.12. The number of nitrogens with one attached hydrogen (secondary N) is 1. The zero-order valence-corrected chi connectivity index (χ0v) is 10.9. The Morgan fingerprint density at radius 1 is 1.24 bits per heavy atom. The van der Waals surface area contributed by atoms with Gasteiger partial charge in [-0.2, -0.15) is 0 Å². The molecule has 1 rings (SSSR count). The number of hydrogen-bond acceptors (Lipinski definition) is 3. The van der Waals surface area contributed by atoms with E-state index in [1.54, 1.807) is 0 Å². The van der Waals surface area contributed by atoms with E-state index in [0.29, 0.717) is 12.6 Å². The molecule has 1 unspecified atom stereocenters. The molecule has 0 saturated heterocycles. The van der Waals surface area contributed by atoms with Gasteiger partial charge in [-0.05, 0) is 24.1 Å². The van der Waals surface area contributed by atoms with Gasteiger partial charge in [0.2, 0.25) is 0 Å². The van der Waals surface area contributed by atoms with Gasteiger partial charge in [0.15, 0.2) is 0 Å². The molecule has 0 aliphatic carbocycles. The van der Waals surface area contributed by atoms with E-state index in [1.807, 2.05) is 31.2 Å². The van der Waals surface area contributed by atoms with Gasteiger partial charge >= 0.3 is 0 Å². The minimum absolute atomic E-state index is 0.361. The van der Waals surface area contributed by atoms with Crippen molar-refractivity contribution < 1.29 is 9.84 Å². The summed E-state index contributed by atoms with van der Waals surface area (Å²) >= 11 is 0. The number of aliphatic hydroxyl groups excluding tert-OH is 1. The Labute approximate surface area is 104 Å². The number of hydrogen-bond donors (Lipinski definition) is 2. The van der Waals surface area contributed by atoms with E-state index < -0.39 is 0 Å². The third-order valence-corrected chi connectivity index (χ3v) is 2.55. The monoisotopic (exact) mass is 237 g/mol. The van der Waals surface area contributed by atoms with Crippen LogP contribution in [0.3, 0.4) is 0 Å². The summed E-state index contributed by atoms with van der Waals surface area (Å²) in [5, 5.41) is 12.7. The maximum Gasteiger partial charge on any atom is 0.119 e. The van der Waals surface area contributed by atoms with Crippen molar-refractivity contribution in [2.45, 2.75) is 45.9 Å². The van der Waals surface area contributed by atoms with E-state index >= 15 is 0 Å². The molecule has 0 heterocycles. The summed E-state index contributed by atoms with van der Waals surface area (Å²) in [5.41, 5.74) is 1.24. The number of aliphatic hydroxyl groups is 1. The van der Waals surface area contributed by atoms with Gasteiger partial charge in [-0.25, -0.2) is 0 Å². The van der Waals surface area contributed by atoms with E-state index in [1.165, 1.54) is 5.56 Å². The van der Waals surface area contributed by atoms with Crippen LogP contribution in [-0.4, -0.2) is 23.9 Å². The van der Waals surface area contributed by atoms with Gasteiger partial charge in [0.25, 0.3) is 0 Å². The molecule has 2 N–H and O–H groups in total. The first-order valence-corrected chi connectivity index (χ1v) is 6.25. The van der Waals surface area contributed by atoms with Crippen molar-refractivity contribution in [3.8, 4) is 5.75 Å². The minimum Gasteiger partial charge on any atom is -0.491 e. The van der Waals surface area contributed by atoms with Crippen LogP contribution in [-0.2, 0) is 6.54 Å². The summed E-state index contributed by atoms with van der Waals surface area (Å²) in [6, 6.07) is 8.47. The Balaban J connectivity index is 2.39. The SMILES string of the molecule is CCC(O)COc1ccc(CNC(C)C)cc1. The summed E-state index contributed by atoms with van der Waals surface area (Å²) < 4.78 is 5.47. The molecule has 1 aromatic carbocycles. The predicted octanol–water partition coefficient (Wildman–Crippen LogP) is 2.33. The van der Waals surface area contributed by atoms with Gasteiger partial charge in [0.1, 0.15) is 12.4 Å². The summed E-state index contributed by atoms with van der Waals surface area (Å²) in [6.07, 6.45) is 0.341. The molecule has 17 heavy (non-hydrogen) atoms. The van der Waals surface area contributed by atoms with Crippen LogP contribution in [0.15, 0.2) is 24.3 Å². The van der Waals surface area contributed by atoms with Crippen LogP contribution in [0.2, 0.25) is 0 Å². The van der Waals surface area contributed by atoms with Crippen LogP contribution >= 0.6 is 0 Å². The summed E-state index contributed by atoms with van der Waals surface area (Å²) in [4.78, 5) is 0. The van der Waals surface area contributed by atoms with Crippen LogP contribution in [0, 0.1) is 0 Å². The molecule has 0 aliphatic rings. The van der Waals surface area contributed by atoms with Crippen molar-refractivity contribution in [3.63, 3.8) is 0 Å². The van der Waals surface area contributed by atoms with Gasteiger partial charge in [0.05, 0.1) is 6.10 Å². The Morgan fingerprint density at radius 2 is 1.88 bits per heavy atom. The first-order chi connectivity index (χ1) is 8.11. The van der Waals surface area contributed by atoms with Crippen molar-refractivity contribution >= 4 is 0 Å². The summed E-state index contributed by atoms with van der Waals surface area (Å²) in [5.74, 6) is 0.811. The first kappa shape index (κ1) is 14.0. The van der Waals surface area contributed by atoms with Crippen molar-refractivity contribution in [2.75, 3.05) is 6.61 Å². The minimum atomic E-state index is -0.378. The van der Waals surface area contributed by atoms with Gasteiger partial charge in [0, 0.05) is 12.6 Å². The smallest absolute Gasteiger partial charge is 0.119 e. The number of ether oxygens (including phenoxy) is 1. The average Bonchev–Trinajstić information content (AvgIpc) is 2.34. The fourth-order valence-corrected chi connectivity index (χ4v) is 1.34. The predicted molar refractivity (Wildman–Crippen MR) is 70.2 cm³/mol. The van der Waals surface area contributed by atoms with E-state index in [4.69, 9.17) is 4.74 Å². The molecule has 0 radical (unpaired) electrons. The average molecular weight is 237 g/mol. The highest BCUT2D eigenvalue weighted by atomic mass is 16.5. The van der Waals surface area contributed by atoms with Crippen molar-refractivity contribution in [1.29, 1.82) is 0 Å². The molecule has 0 saturated carbocycles. The maximum absolute atomic E-state index is 9.38. The second kappa shape index (κ2) is 7.30.